The monoisotopic (exact) mass is 348 g/mol. The Morgan fingerprint density at radius 3 is 1.52 bits per heavy atom. The van der Waals surface area contributed by atoms with Gasteiger partial charge in [0.05, 0.1) is 21.4 Å². The summed E-state index contributed by atoms with van der Waals surface area (Å²) < 4.78 is 0. The van der Waals surface area contributed by atoms with Crippen LogP contribution in [-0.4, -0.2) is 11.8 Å². The lowest BCUT2D eigenvalue weighted by molar-refractivity contribution is -0.131. The lowest BCUT2D eigenvalue weighted by Crippen LogP contribution is -2.35. The normalized spacial score (nSPS) is 14.9. The zero-order chi connectivity index (χ0) is 16.4. The van der Waals surface area contributed by atoms with E-state index in [1.165, 1.54) is 0 Å². The van der Waals surface area contributed by atoms with Crippen molar-refractivity contribution in [1.29, 1.82) is 0 Å². The third-order valence-electron chi connectivity index (χ3n) is 3.86. The van der Waals surface area contributed by atoms with Crippen LogP contribution in [0.25, 0.3) is 0 Å². The first-order valence-corrected chi connectivity index (χ1v) is 7.90. The number of amides is 2. The summed E-state index contributed by atoms with van der Waals surface area (Å²) in [7, 11) is 0. The molecule has 1 aliphatic rings. The summed E-state index contributed by atoms with van der Waals surface area (Å²) in [5.74, 6) is -0.703. The molecule has 23 heavy (non-hydrogen) atoms. The Morgan fingerprint density at radius 1 is 0.783 bits per heavy atom. The van der Waals surface area contributed by atoms with E-state index in [4.69, 9.17) is 23.2 Å². The van der Waals surface area contributed by atoms with Gasteiger partial charge in [-0.3, -0.25) is 9.59 Å². The quantitative estimate of drug-likeness (QED) is 0.807. The molecule has 0 atom stereocenters. The summed E-state index contributed by atoms with van der Waals surface area (Å²) in [4.78, 5) is 25.0. The third-order valence-corrected chi connectivity index (χ3v) is 4.52. The lowest BCUT2D eigenvalue weighted by atomic mass is 10.0. The fraction of sp³-hybridized carbons (Fsp3) is 0.176. The number of carbonyl (C=O) groups is 2. The number of anilines is 2. The van der Waals surface area contributed by atoms with Crippen molar-refractivity contribution in [1.82, 2.24) is 0 Å². The van der Waals surface area contributed by atoms with Crippen LogP contribution in [0.2, 0.25) is 10.0 Å². The van der Waals surface area contributed by atoms with E-state index >= 15 is 0 Å². The van der Waals surface area contributed by atoms with Gasteiger partial charge in [-0.15, -0.1) is 0 Å². The minimum Gasteiger partial charge on any atom is -0.324 e. The molecule has 2 aromatic rings. The number of nitrogens with one attached hydrogen (secondary N) is 2. The molecular weight excluding hydrogens is 335 g/mol. The lowest BCUT2D eigenvalue weighted by Gasteiger charge is -2.16. The van der Waals surface area contributed by atoms with Gasteiger partial charge in [-0.05, 0) is 37.1 Å². The van der Waals surface area contributed by atoms with Crippen LogP contribution in [-0.2, 0) is 9.59 Å². The van der Waals surface area contributed by atoms with Crippen molar-refractivity contribution >= 4 is 46.4 Å². The highest BCUT2D eigenvalue weighted by Gasteiger charge is 2.56. The van der Waals surface area contributed by atoms with E-state index < -0.39 is 5.41 Å². The van der Waals surface area contributed by atoms with Crippen molar-refractivity contribution in [2.75, 3.05) is 10.6 Å². The largest absolute Gasteiger partial charge is 0.324 e. The molecule has 0 unspecified atom stereocenters. The Hall–Kier alpha value is -2.04. The van der Waals surface area contributed by atoms with Crippen LogP contribution >= 0.6 is 23.2 Å². The van der Waals surface area contributed by atoms with Gasteiger partial charge in [0.1, 0.15) is 5.41 Å². The van der Waals surface area contributed by atoms with E-state index in [9.17, 15) is 9.59 Å². The minimum absolute atomic E-state index is 0.352. The average Bonchev–Trinajstić information content (AvgIpc) is 3.34. The van der Waals surface area contributed by atoms with Gasteiger partial charge in [0.25, 0.3) is 0 Å². The first-order chi connectivity index (χ1) is 11.0. The number of hydrogen-bond donors (Lipinski definition) is 2. The van der Waals surface area contributed by atoms with Crippen molar-refractivity contribution in [3.8, 4) is 0 Å². The van der Waals surface area contributed by atoms with Crippen LogP contribution < -0.4 is 10.6 Å². The van der Waals surface area contributed by atoms with Crippen LogP contribution in [0.4, 0.5) is 11.4 Å². The number of para-hydroxylation sites is 2. The van der Waals surface area contributed by atoms with Crippen LogP contribution in [0.1, 0.15) is 12.8 Å². The molecule has 0 saturated heterocycles. The first-order valence-electron chi connectivity index (χ1n) is 7.15. The second-order valence-electron chi connectivity index (χ2n) is 5.45. The van der Waals surface area contributed by atoms with Gasteiger partial charge in [-0.1, -0.05) is 47.5 Å². The Bertz CT molecular complexity index is 711. The topological polar surface area (TPSA) is 58.2 Å². The van der Waals surface area contributed by atoms with Crippen molar-refractivity contribution < 1.29 is 9.59 Å². The standard InChI is InChI=1S/C17H14Cl2N2O2/c18-11-5-1-3-7-13(11)20-15(22)17(9-10-17)16(23)21-14-8-4-2-6-12(14)19/h1-8H,9-10H2,(H,20,22)(H,21,23). The van der Waals surface area contributed by atoms with E-state index in [-0.39, 0.29) is 11.8 Å². The maximum Gasteiger partial charge on any atom is 0.240 e. The molecule has 0 spiro atoms. The molecule has 1 saturated carbocycles. The molecule has 4 nitrogen and oxygen atoms in total. The van der Waals surface area contributed by atoms with Crippen LogP contribution in [0.3, 0.4) is 0 Å². The van der Waals surface area contributed by atoms with E-state index in [1.807, 2.05) is 0 Å². The molecule has 0 heterocycles. The molecule has 0 aromatic heterocycles. The summed E-state index contributed by atoms with van der Waals surface area (Å²) in [5.41, 5.74) is -0.0646. The van der Waals surface area contributed by atoms with Gasteiger partial charge in [0.15, 0.2) is 0 Å². The van der Waals surface area contributed by atoms with Crippen molar-refractivity contribution in [2.45, 2.75) is 12.8 Å². The molecule has 0 radical (unpaired) electrons. The van der Waals surface area contributed by atoms with Crippen molar-refractivity contribution in [2.24, 2.45) is 5.41 Å². The van der Waals surface area contributed by atoms with Gasteiger partial charge in [0.2, 0.25) is 11.8 Å². The van der Waals surface area contributed by atoms with Gasteiger partial charge in [0, 0.05) is 0 Å². The van der Waals surface area contributed by atoms with Crippen LogP contribution in [0, 0.1) is 5.41 Å². The smallest absolute Gasteiger partial charge is 0.240 e. The molecule has 3 rings (SSSR count). The molecule has 0 bridgehead atoms. The predicted octanol–water partition coefficient (Wildman–Crippen LogP) is 4.35. The molecule has 2 aromatic carbocycles. The average molecular weight is 349 g/mol. The minimum atomic E-state index is -1.06. The fourth-order valence-electron chi connectivity index (χ4n) is 2.29. The van der Waals surface area contributed by atoms with Crippen molar-refractivity contribution in [3.63, 3.8) is 0 Å². The summed E-state index contributed by atoms with van der Waals surface area (Å²) in [5, 5.41) is 6.33. The maximum absolute atomic E-state index is 12.5. The summed E-state index contributed by atoms with van der Waals surface area (Å²) >= 11 is 12.1. The highest BCUT2D eigenvalue weighted by molar-refractivity contribution is 6.34. The summed E-state index contributed by atoms with van der Waals surface area (Å²) in [6.07, 6.45) is 0.999. The Kier molecular flexibility index (Phi) is 4.28. The highest BCUT2D eigenvalue weighted by Crippen LogP contribution is 2.48. The fourth-order valence-corrected chi connectivity index (χ4v) is 2.66. The van der Waals surface area contributed by atoms with Crippen LogP contribution in [0.5, 0.6) is 0 Å². The molecule has 0 aliphatic heterocycles. The third kappa shape index (κ3) is 3.19. The van der Waals surface area contributed by atoms with Gasteiger partial charge in [-0.2, -0.15) is 0 Å². The molecular formula is C17H14Cl2N2O2. The second kappa shape index (κ2) is 6.22. The van der Waals surface area contributed by atoms with Gasteiger partial charge < -0.3 is 10.6 Å². The molecule has 2 N–H and O–H groups in total. The zero-order valence-corrected chi connectivity index (χ0v) is 13.6. The summed E-state index contributed by atoms with van der Waals surface area (Å²) in [6, 6.07) is 13.8. The molecule has 2 amide bonds. The zero-order valence-electron chi connectivity index (χ0n) is 12.1. The molecule has 1 aliphatic carbocycles. The number of benzene rings is 2. The van der Waals surface area contributed by atoms with Crippen molar-refractivity contribution in [3.05, 3.63) is 58.6 Å². The Labute approximate surface area is 143 Å². The summed E-state index contributed by atoms with van der Waals surface area (Å²) in [6.45, 7) is 0. The number of carbonyl (C=O) groups excluding carboxylic acids is 2. The number of rotatable bonds is 4. The van der Waals surface area contributed by atoms with Gasteiger partial charge >= 0.3 is 0 Å². The molecule has 1 fully saturated rings. The first kappa shape index (κ1) is 15.8. The molecule has 118 valence electrons. The Morgan fingerprint density at radius 2 is 1.17 bits per heavy atom. The van der Waals surface area contributed by atoms with Crippen LogP contribution in [0.15, 0.2) is 48.5 Å². The predicted molar refractivity (Wildman–Crippen MR) is 91.8 cm³/mol. The number of halogens is 2. The highest BCUT2D eigenvalue weighted by atomic mass is 35.5. The van der Waals surface area contributed by atoms with E-state index in [1.54, 1.807) is 48.5 Å². The maximum atomic E-state index is 12.5. The SMILES string of the molecule is O=C(Nc1ccccc1Cl)C1(C(=O)Nc2ccccc2Cl)CC1. The second-order valence-corrected chi connectivity index (χ2v) is 6.26. The van der Waals surface area contributed by atoms with E-state index in [0.29, 0.717) is 34.3 Å². The molecule has 6 heteroatoms. The van der Waals surface area contributed by atoms with E-state index in [0.717, 1.165) is 0 Å². The Balaban J connectivity index is 1.74. The number of hydrogen-bond acceptors (Lipinski definition) is 2. The van der Waals surface area contributed by atoms with E-state index in [2.05, 4.69) is 10.6 Å². The van der Waals surface area contributed by atoms with Gasteiger partial charge in [-0.25, -0.2) is 0 Å².